The van der Waals surface area contributed by atoms with E-state index in [4.69, 9.17) is 47.4 Å². The molecule has 3 aliphatic rings. The van der Waals surface area contributed by atoms with Crippen LogP contribution in [-0.2, 0) is 67.1 Å². The second-order valence-electron chi connectivity index (χ2n) is 19.4. The second-order valence-corrected chi connectivity index (χ2v) is 19.4. The van der Waals surface area contributed by atoms with E-state index in [9.17, 15) is 14.4 Å². The highest BCUT2D eigenvalue weighted by molar-refractivity contribution is 5.90. The average molecular weight is 1030 g/mol. The predicted molar refractivity (Wildman–Crippen MR) is 281 cm³/mol. The highest BCUT2D eigenvalue weighted by Gasteiger charge is 2.54. The van der Waals surface area contributed by atoms with Gasteiger partial charge in [0.15, 0.2) is 31.1 Å². The van der Waals surface area contributed by atoms with Crippen LogP contribution in [0.25, 0.3) is 0 Å². The van der Waals surface area contributed by atoms with Crippen LogP contribution >= 0.6 is 0 Å². The van der Waals surface area contributed by atoms with E-state index in [1.54, 1.807) is 53.4 Å². The maximum absolute atomic E-state index is 14.0. The number of hydrogen-bond donors (Lipinski definition) is 0. The van der Waals surface area contributed by atoms with E-state index in [-0.39, 0.29) is 39.1 Å². The number of ether oxygens (including phenoxy) is 10. The van der Waals surface area contributed by atoms with Crippen molar-refractivity contribution in [1.82, 2.24) is 4.90 Å². The van der Waals surface area contributed by atoms with E-state index in [1.807, 2.05) is 147 Å². The van der Waals surface area contributed by atoms with Crippen LogP contribution in [-0.4, -0.2) is 98.5 Å². The maximum atomic E-state index is 14.0. The Kier molecular flexibility index (Phi) is 19.4. The summed E-state index contributed by atoms with van der Waals surface area (Å²) in [4.78, 5) is 43.1. The first-order chi connectivity index (χ1) is 37.3. The molecular formula is C62H67NO13. The SMILES string of the molecule is CC1C2OC(c3ccccc3)OCC2OC(OC2C(COCc3ccccc3)OC(OCCCCCN(Cc3ccccc3)C(=O)OCc3ccccc3)C(OC(=O)c3ccccc3)C2C)C1OC(=O)c1ccccc1. The zero-order valence-corrected chi connectivity index (χ0v) is 43.0. The fourth-order valence-electron chi connectivity index (χ4n) is 9.80. The fourth-order valence-corrected chi connectivity index (χ4v) is 9.80. The van der Waals surface area contributed by atoms with Gasteiger partial charge in [0.2, 0.25) is 0 Å². The predicted octanol–water partition coefficient (Wildman–Crippen LogP) is 10.9. The minimum absolute atomic E-state index is 0.0640. The zero-order valence-electron chi connectivity index (χ0n) is 43.0. The first-order valence-electron chi connectivity index (χ1n) is 26.3. The Morgan fingerprint density at radius 3 is 1.70 bits per heavy atom. The Morgan fingerprint density at radius 1 is 0.553 bits per heavy atom. The van der Waals surface area contributed by atoms with Crippen LogP contribution in [0, 0.1) is 11.8 Å². The molecule has 0 spiro atoms. The van der Waals surface area contributed by atoms with Crippen molar-refractivity contribution in [2.24, 2.45) is 11.8 Å². The van der Waals surface area contributed by atoms with Gasteiger partial charge in [0.05, 0.1) is 43.2 Å². The van der Waals surface area contributed by atoms with Gasteiger partial charge in [0, 0.05) is 37.1 Å². The van der Waals surface area contributed by atoms with Crippen LogP contribution in [0.5, 0.6) is 0 Å². The molecule has 3 saturated heterocycles. The number of carbonyl (C=O) groups is 3. The van der Waals surface area contributed by atoms with Gasteiger partial charge in [-0.25, -0.2) is 14.4 Å². The Balaban J connectivity index is 0.927. The quantitative estimate of drug-likeness (QED) is 0.0361. The number of carbonyl (C=O) groups excluding carboxylic acids is 3. The van der Waals surface area contributed by atoms with Crippen molar-refractivity contribution in [3.05, 3.63) is 215 Å². The van der Waals surface area contributed by atoms with Crippen molar-refractivity contribution in [3.8, 4) is 0 Å². The summed E-state index contributed by atoms with van der Waals surface area (Å²) in [7, 11) is 0. The number of nitrogens with zero attached hydrogens (tertiary/aromatic N) is 1. The highest BCUT2D eigenvalue weighted by atomic mass is 16.8. The summed E-state index contributed by atoms with van der Waals surface area (Å²) >= 11 is 0. The fraction of sp³-hybridized carbons (Fsp3) is 0.371. The van der Waals surface area contributed by atoms with Gasteiger partial charge in [0.1, 0.15) is 18.8 Å². The number of amides is 1. The number of benzene rings is 6. The third kappa shape index (κ3) is 14.6. The van der Waals surface area contributed by atoms with Crippen LogP contribution in [0.4, 0.5) is 4.79 Å². The Morgan fingerprint density at radius 2 is 1.09 bits per heavy atom. The number of hydrogen-bond acceptors (Lipinski definition) is 13. The van der Waals surface area contributed by atoms with Gasteiger partial charge in [-0.15, -0.1) is 0 Å². The van der Waals surface area contributed by atoms with Crippen molar-refractivity contribution in [3.63, 3.8) is 0 Å². The molecule has 398 valence electrons. The molecular weight excluding hydrogens is 967 g/mol. The van der Waals surface area contributed by atoms with E-state index < -0.39 is 79.3 Å². The second kappa shape index (κ2) is 27.3. The molecule has 3 heterocycles. The van der Waals surface area contributed by atoms with E-state index in [1.165, 1.54) is 0 Å². The lowest BCUT2D eigenvalue weighted by atomic mass is 9.88. The first-order valence-corrected chi connectivity index (χ1v) is 26.3. The summed E-state index contributed by atoms with van der Waals surface area (Å²) in [5.74, 6) is -2.14. The summed E-state index contributed by atoms with van der Waals surface area (Å²) in [6, 6.07) is 56.4. The smallest absolute Gasteiger partial charge is 0.410 e. The number of unbranched alkanes of at least 4 members (excludes halogenated alkanes) is 2. The summed E-state index contributed by atoms with van der Waals surface area (Å²) in [5, 5.41) is 0. The molecule has 0 N–H and O–H groups in total. The Labute approximate surface area is 445 Å². The largest absolute Gasteiger partial charge is 0.453 e. The summed E-state index contributed by atoms with van der Waals surface area (Å²) in [5.41, 5.74) is 4.45. The monoisotopic (exact) mass is 1030 g/mol. The molecule has 6 aromatic carbocycles. The van der Waals surface area contributed by atoms with Gasteiger partial charge in [-0.1, -0.05) is 172 Å². The van der Waals surface area contributed by atoms with Gasteiger partial charge >= 0.3 is 18.0 Å². The molecule has 0 saturated carbocycles. The number of esters is 2. The minimum Gasteiger partial charge on any atom is -0.453 e. The van der Waals surface area contributed by atoms with Gasteiger partial charge in [-0.05, 0) is 60.2 Å². The molecule has 0 aromatic heterocycles. The molecule has 0 bridgehead atoms. The van der Waals surface area contributed by atoms with Crippen LogP contribution in [0.2, 0.25) is 0 Å². The normalized spacial score (nSPS) is 25.1. The lowest BCUT2D eigenvalue weighted by Crippen LogP contribution is -2.63. The first kappa shape index (κ1) is 54.1. The molecule has 3 aliphatic heterocycles. The van der Waals surface area contributed by atoms with Crippen LogP contribution in [0.15, 0.2) is 182 Å². The van der Waals surface area contributed by atoms with E-state index >= 15 is 0 Å². The standard InChI is InChI=1S/C62H67NO13/c1-43-53(76-61-56(74-58(65)49-32-18-7-19-33-49)44(2)54-52(72-61)42-69-59(75-54)50-34-20-8-21-35-50)51(41-67-39-46-26-12-4-13-27-46)71-60(55(43)73-57(64)48-30-16-6-17-31-48)68-37-23-9-22-36-63(38-45-24-10-3-11-25-45)62(66)70-40-47-28-14-5-15-29-47/h3-8,10-21,24-35,43-44,51-56,59-61H,9,22-23,36-42H2,1-2H3. The molecule has 11 unspecified atom stereocenters. The molecule has 76 heavy (non-hydrogen) atoms. The van der Waals surface area contributed by atoms with E-state index in [0.717, 1.165) is 22.3 Å². The summed E-state index contributed by atoms with van der Waals surface area (Å²) < 4.78 is 65.0. The average Bonchev–Trinajstić information content (AvgIpc) is 3.49. The highest BCUT2D eigenvalue weighted by Crippen LogP contribution is 2.41. The Bertz CT molecular complexity index is 2690. The molecule has 0 radical (unpaired) electrons. The molecule has 3 fully saturated rings. The summed E-state index contributed by atoms with van der Waals surface area (Å²) in [6.45, 7) is 5.72. The van der Waals surface area contributed by atoms with Gasteiger partial charge < -0.3 is 52.3 Å². The van der Waals surface area contributed by atoms with Crippen molar-refractivity contribution < 1.29 is 61.8 Å². The molecule has 0 aliphatic carbocycles. The molecule has 14 heteroatoms. The van der Waals surface area contributed by atoms with Crippen molar-refractivity contribution >= 4 is 18.0 Å². The topological polar surface area (TPSA) is 147 Å². The van der Waals surface area contributed by atoms with Crippen LogP contribution in [0.1, 0.15) is 82.4 Å². The summed E-state index contributed by atoms with van der Waals surface area (Å²) in [6.07, 6.45) is -5.92. The molecule has 14 nitrogen and oxygen atoms in total. The lowest BCUT2D eigenvalue weighted by Gasteiger charge is -2.50. The lowest BCUT2D eigenvalue weighted by molar-refractivity contribution is -0.375. The maximum Gasteiger partial charge on any atom is 0.410 e. The zero-order chi connectivity index (χ0) is 52.5. The van der Waals surface area contributed by atoms with Gasteiger partial charge in [-0.3, -0.25) is 0 Å². The Hall–Kier alpha value is -6.75. The molecule has 9 rings (SSSR count). The van der Waals surface area contributed by atoms with Gasteiger partial charge in [0.25, 0.3) is 0 Å². The molecule has 1 amide bonds. The van der Waals surface area contributed by atoms with Crippen LogP contribution in [0.3, 0.4) is 0 Å². The van der Waals surface area contributed by atoms with Crippen molar-refractivity contribution in [1.29, 1.82) is 0 Å². The van der Waals surface area contributed by atoms with Gasteiger partial charge in [-0.2, -0.15) is 0 Å². The molecule has 11 atom stereocenters. The molecule has 6 aromatic rings. The van der Waals surface area contributed by atoms with Crippen LogP contribution < -0.4 is 0 Å². The minimum atomic E-state index is -1.14. The number of fused-ring (bicyclic) bond motifs is 1. The third-order valence-electron chi connectivity index (χ3n) is 13.9. The van der Waals surface area contributed by atoms with E-state index in [2.05, 4.69) is 0 Å². The van der Waals surface area contributed by atoms with Crippen molar-refractivity contribution in [2.45, 2.75) is 108 Å². The number of rotatable bonds is 22. The van der Waals surface area contributed by atoms with E-state index in [0.29, 0.717) is 43.5 Å². The van der Waals surface area contributed by atoms with Crippen molar-refractivity contribution in [2.75, 3.05) is 26.4 Å². The third-order valence-corrected chi connectivity index (χ3v) is 13.9.